The third-order valence-electron chi connectivity index (χ3n) is 2.72. The van der Waals surface area contributed by atoms with E-state index in [1.807, 2.05) is 0 Å². The van der Waals surface area contributed by atoms with Gasteiger partial charge >= 0.3 is 0 Å². The van der Waals surface area contributed by atoms with Gasteiger partial charge in [-0.2, -0.15) is 0 Å². The summed E-state index contributed by atoms with van der Waals surface area (Å²) in [6.45, 7) is 0. The molecule has 0 unspecified atom stereocenters. The predicted molar refractivity (Wildman–Crippen MR) is 73.5 cm³/mol. The van der Waals surface area contributed by atoms with Crippen LogP contribution < -0.4 is 11.1 Å². The van der Waals surface area contributed by atoms with Crippen molar-refractivity contribution in [2.24, 2.45) is 0 Å². The van der Waals surface area contributed by atoms with Crippen LogP contribution in [0.2, 0.25) is 0 Å². The van der Waals surface area contributed by atoms with Crippen LogP contribution in [0.3, 0.4) is 0 Å². The van der Waals surface area contributed by atoms with Crippen LogP contribution in [-0.4, -0.2) is 15.9 Å². The minimum absolute atomic E-state index is 0.133. The number of para-hydroxylation sites is 1. The third-order valence-corrected chi connectivity index (χ3v) is 2.72. The first-order chi connectivity index (χ1) is 9.90. The van der Waals surface area contributed by atoms with E-state index in [4.69, 9.17) is 5.73 Å². The van der Waals surface area contributed by atoms with Crippen molar-refractivity contribution < 1.29 is 19.2 Å². The van der Waals surface area contributed by atoms with Crippen LogP contribution in [-0.2, 0) is 0 Å². The van der Waals surface area contributed by atoms with Gasteiger partial charge in [0.2, 0.25) is 0 Å². The maximum Gasteiger partial charge on any atom is 0.296 e. The molecule has 4 N–H and O–H groups in total. The Balaban J connectivity index is 2.36. The van der Waals surface area contributed by atoms with Crippen molar-refractivity contribution in [2.45, 2.75) is 0 Å². The lowest BCUT2D eigenvalue weighted by Gasteiger charge is -2.08. The Labute approximate surface area is 118 Å². The highest BCUT2D eigenvalue weighted by Crippen LogP contribution is 2.29. The normalized spacial score (nSPS) is 10.1. The van der Waals surface area contributed by atoms with Gasteiger partial charge in [-0.3, -0.25) is 14.9 Å². The highest BCUT2D eigenvalue weighted by Gasteiger charge is 2.19. The number of nitrogens with one attached hydrogen (secondary N) is 1. The number of halogens is 1. The van der Waals surface area contributed by atoms with Crippen molar-refractivity contribution in [3.05, 3.63) is 57.9 Å². The van der Waals surface area contributed by atoms with Gasteiger partial charge in [0.1, 0.15) is 17.3 Å². The number of phenolic OH excluding ortho intramolecular Hbond substituents is 1. The number of hydrogen-bond donors (Lipinski definition) is 3. The van der Waals surface area contributed by atoms with E-state index in [0.29, 0.717) is 0 Å². The van der Waals surface area contributed by atoms with Gasteiger partial charge in [0.05, 0.1) is 22.2 Å². The van der Waals surface area contributed by atoms with Crippen molar-refractivity contribution in [1.82, 2.24) is 0 Å². The number of carbonyl (C=O) groups excluding carboxylic acids is 1. The molecule has 2 rings (SSSR count). The van der Waals surface area contributed by atoms with Gasteiger partial charge in [0, 0.05) is 0 Å². The lowest BCUT2D eigenvalue weighted by molar-refractivity contribution is -0.384. The second-order valence-electron chi connectivity index (χ2n) is 4.11. The van der Waals surface area contributed by atoms with Crippen LogP contribution in [0.5, 0.6) is 5.75 Å². The fourth-order valence-corrected chi connectivity index (χ4v) is 1.70. The first-order valence-electron chi connectivity index (χ1n) is 5.73. The summed E-state index contributed by atoms with van der Waals surface area (Å²) < 4.78 is 13.3. The molecule has 0 saturated heterocycles. The van der Waals surface area contributed by atoms with Gasteiger partial charge in [-0.1, -0.05) is 6.07 Å². The summed E-state index contributed by atoms with van der Waals surface area (Å²) in [5.41, 5.74) is 4.34. The number of amides is 1. The van der Waals surface area contributed by atoms with Crippen LogP contribution in [0, 0.1) is 15.9 Å². The first kappa shape index (κ1) is 14.3. The molecule has 108 valence electrons. The topological polar surface area (TPSA) is 118 Å². The van der Waals surface area contributed by atoms with Gasteiger partial charge in [0.25, 0.3) is 11.6 Å². The number of nitrogens with two attached hydrogens (primary N) is 1. The van der Waals surface area contributed by atoms with Crippen molar-refractivity contribution in [2.75, 3.05) is 11.1 Å². The third kappa shape index (κ3) is 2.89. The Morgan fingerprint density at radius 2 is 2.05 bits per heavy atom. The van der Waals surface area contributed by atoms with E-state index in [1.165, 1.54) is 24.3 Å². The van der Waals surface area contributed by atoms with Crippen molar-refractivity contribution in [3.8, 4) is 5.75 Å². The van der Waals surface area contributed by atoms with Crippen LogP contribution >= 0.6 is 0 Å². The molecule has 0 spiro atoms. The van der Waals surface area contributed by atoms with Gasteiger partial charge in [0.15, 0.2) is 0 Å². The number of phenols is 1. The van der Waals surface area contributed by atoms with E-state index in [2.05, 4.69) is 5.32 Å². The maximum absolute atomic E-state index is 13.3. The number of nitrogens with zero attached hydrogens (tertiary/aromatic N) is 1. The molecule has 2 aromatic rings. The van der Waals surface area contributed by atoms with Crippen LogP contribution in [0.1, 0.15) is 10.4 Å². The van der Waals surface area contributed by atoms with Gasteiger partial charge in [-0.15, -0.1) is 0 Å². The van der Waals surface area contributed by atoms with Crippen LogP contribution in [0.4, 0.5) is 21.5 Å². The largest absolute Gasteiger partial charge is 0.508 e. The number of benzene rings is 2. The molecule has 0 heterocycles. The summed E-state index contributed by atoms with van der Waals surface area (Å²) in [6, 6.07) is 6.92. The van der Waals surface area contributed by atoms with Gasteiger partial charge in [-0.05, 0) is 24.3 Å². The van der Waals surface area contributed by atoms with E-state index in [1.54, 1.807) is 0 Å². The molecule has 7 nitrogen and oxygen atoms in total. The molecule has 0 bridgehead atoms. The number of nitrogen functional groups attached to an aromatic ring is 1. The van der Waals surface area contributed by atoms with E-state index >= 15 is 0 Å². The molecular formula is C13H10FN3O4. The summed E-state index contributed by atoms with van der Waals surface area (Å²) in [6.07, 6.45) is 0. The Kier molecular flexibility index (Phi) is 3.70. The van der Waals surface area contributed by atoms with Crippen molar-refractivity contribution in [1.29, 1.82) is 0 Å². The molecule has 0 saturated carbocycles. The molecule has 0 aliphatic carbocycles. The van der Waals surface area contributed by atoms with Crippen molar-refractivity contribution >= 4 is 23.0 Å². The van der Waals surface area contributed by atoms with E-state index in [0.717, 1.165) is 12.1 Å². The van der Waals surface area contributed by atoms with E-state index < -0.39 is 22.3 Å². The SMILES string of the molecule is Nc1c(F)cccc1C(=O)Nc1ccc(O)cc1[N+](=O)[O-]. The number of carbonyl (C=O) groups is 1. The lowest BCUT2D eigenvalue weighted by atomic mass is 10.1. The summed E-state index contributed by atoms with van der Waals surface area (Å²) in [5.74, 6) is -1.87. The number of hydrogen-bond acceptors (Lipinski definition) is 5. The number of rotatable bonds is 3. The highest BCUT2D eigenvalue weighted by atomic mass is 19.1. The molecule has 1 amide bonds. The highest BCUT2D eigenvalue weighted by molar-refractivity contribution is 6.08. The Hall–Kier alpha value is -3.16. The van der Waals surface area contributed by atoms with Gasteiger partial charge < -0.3 is 16.2 Å². The molecule has 2 aromatic carbocycles. The second-order valence-corrected chi connectivity index (χ2v) is 4.11. The predicted octanol–water partition coefficient (Wildman–Crippen LogP) is 2.27. The monoisotopic (exact) mass is 291 g/mol. The summed E-state index contributed by atoms with van der Waals surface area (Å²) in [5, 5.41) is 22.4. The average molecular weight is 291 g/mol. The fourth-order valence-electron chi connectivity index (χ4n) is 1.70. The molecule has 0 aromatic heterocycles. The molecule has 0 atom stereocenters. The molecule has 8 heteroatoms. The number of nitro groups is 1. The summed E-state index contributed by atoms with van der Waals surface area (Å²) in [4.78, 5) is 22.1. The van der Waals surface area contributed by atoms with Crippen molar-refractivity contribution in [3.63, 3.8) is 0 Å². The lowest BCUT2D eigenvalue weighted by Crippen LogP contribution is -2.15. The quantitative estimate of drug-likeness (QED) is 0.347. The zero-order valence-electron chi connectivity index (χ0n) is 10.5. The zero-order chi connectivity index (χ0) is 15.6. The number of aromatic hydroxyl groups is 1. The van der Waals surface area contributed by atoms with Crippen LogP contribution in [0.15, 0.2) is 36.4 Å². The minimum Gasteiger partial charge on any atom is -0.508 e. The smallest absolute Gasteiger partial charge is 0.296 e. The standard InChI is InChI=1S/C13H10FN3O4/c14-9-3-1-2-8(12(9)15)13(19)16-10-5-4-7(18)6-11(10)17(20)21/h1-6,18H,15H2,(H,16,19). The average Bonchev–Trinajstić information content (AvgIpc) is 2.43. The summed E-state index contributed by atoms with van der Waals surface area (Å²) in [7, 11) is 0. The Bertz CT molecular complexity index is 733. The number of anilines is 2. The molecule has 0 aliphatic heterocycles. The zero-order valence-corrected chi connectivity index (χ0v) is 10.5. The minimum atomic E-state index is -0.791. The fraction of sp³-hybridized carbons (Fsp3) is 0. The number of nitro benzene ring substituents is 1. The van der Waals surface area contributed by atoms with Gasteiger partial charge in [-0.25, -0.2) is 4.39 Å². The Morgan fingerprint density at radius 1 is 1.33 bits per heavy atom. The molecule has 21 heavy (non-hydrogen) atoms. The summed E-state index contributed by atoms with van der Waals surface area (Å²) >= 11 is 0. The van der Waals surface area contributed by atoms with E-state index in [9.17, 15) is 24.4 Å². The molecule has 0 aliphatic rings. The van der Waals surface area contributed by atoms with Crippen LogP contribution in [0.25, 0.3) is 0 Å². The molecule has 0 radical (unpaired) electrons. The molecule has 0 fully saturated rings. The Morgan fingerprint density at radius 3 is 2.71 bits per heavy atom. The molecular weight excluding hydrogens is 281 g/mol. The van der Waals surface area contributed by atoms with E-state index in [-0.39, 0.29) is 22.7 Å². The first-order valence-corrected chi connectivity index (χ1v) is 5.73. The maximum atomic E-state index is 13.3. The second kappa shape index (κ2) is 5.45.